The number of hydrogen-bond acceptors (Lipinski definition) is 3. The van der Waals surface area contributed by atoms with Crippen LogP contribution in [0.1, 0.15) is 16.5 Å². The molecule has 1 atom stereocenters. The van der Waals surface area contributed by atoms with Gasteiger partial charge in [-0.05, 0) is 17.0 Å². The number of morpholine rings is 1. The summed E-state index contributed by atoms with van der Waals surface area (Å²) in [5.74, 6) is 0.0964. The first-order valence-corrected chi connectivity index (χ1v) is 8.50. The van der Waals surface area contributed by atoms with E-state index >= 15 is 0 Å². The fourth-order valence-corrected chi connectivity index (χ4v) is 3.50. The Morgan fingerprint density at radius 3 is 2.64 bits per heavy atom. The third kappa shape index (κ3) is 3.94. The van der Waals surface area contributed by atoms with Gasteiger partial charge in [0.25, 0.3) is 5.91 Å². The van der Waals surface area contributed by atoms with Crippen molar-refractivity contribution >= 4 is 17.2 Å². The highest BCUT2D eigenvalue weighted by Gasteiger charge is 2.22. The van der Waals surface area contributed by atoms with Crippen molar-refractivity contribution in [1.29, 1.82) is 0 Å². The lowest BCUT2D eigenvalue weighted by Gasteiger charge is -2.24. The molecule has 2 heterocycles. The van der Waals surface area contributed by atoms with Crippen LogP contribution in [-0.2, 0) is 9.53 Å². The first kappa shape index (κ1) is 15.2. The number of nitrogens with one attached hydrogen (secondary N) is 2. The molecule has 1 amide bonds. The van der Waals surface area contributed by atoms with E-state index < -0.39 is 0 Å². The maximum Gasteiger partial charge on any atom is 0.275 e. The van der Waals surface area contributed by atoms with Crippen molar-refractivity contribution in [2.24, 2.45) is 0 Å². The average Bonchev–Trinajstić information content (AvgIpc) is 3.08. The third-order valence-electron chi connectivity index (χ3n) is 3.88. The van der Waals surface area contributed by atoms with Gasteiger partial charge in [0.05, 0.1) is 19.3 Å². The number of amides is 1. The van der Waals surface area contributed by atoms with Crippen LogP contribution in [0.5, 0.6) is 0 Å². The lowest BCUT2D eigenvalue weighted by atomic mass is 10.1. The molecule has 0 unspecified atom stereocenters. The lowest BCUT2D eigenvalue weighted by molar-refractivity contribution is -0.900. The van der Waals surface area contributed by atoms with Gasteiger partial charge < -0.3 is 15.0 Å². The molecular formula is C17H21N2O2S+. The molecule has 0 spiro atoms. The minimum absolute atomic E-state index is 0.0610. The molecule has 0 radical (unpaired) electrons. The van der Waals surface area contributed by atoms with Gasteiger partial charge in [-0.3, -0.25) is 4.79 Å². The number of thiophene rings is 1. The van der Waals surface area contributed by atoms with Crippen LogP contribution in [0.4, 0.5) is 0 Å². The molecule has 3 rings (SSSR count). The molecular weight excluding hydrogens is 296 g/mol. The summed E-state index contributed by atoms with van der Waals surface area (Å²) in [5, 5.41) is 5.24. The molecule has 0 saturated carbocycles. The molecule has 1 aromatic carbocycles. The minimum atomic E-state index is -0.0610. The first-order chi connectivity index (χ1) is 10.8. The maximum absolute atomic E-state index is 12.4. The standard InChI is InChI=1S/C17H20N2O2S/c20-16(13-19-8-10-21-11-9-19)18-17(15-7-4-12-22-15)14-5-2-1-3-6-14/h1-7,12,17H,8-11,13H2,(H,18,20)/p+1/t17-/m0/s1. The van der Waals surface area contributed by atoms with Crippen molar-refractivity contribution in [3.8, 4) is 0 Å². The monoisotopic (exact) mass is 317 g/mol. The Hall–Kier alpha value is -1.69. The fraction of sp³-hybridized carbons (Fsp3) is 0.353. The zero-order chi connectivity index (χ0) is 15.2. The van der Waals surface area contributed by atoms with E-state index in [4.69, 9.17) is 4.74 Å². The predicted octanol–water partition coefficient (Wildman–Crippen LogP) is 0.869. The van der Waals surface area contributed by atoms with Crippen molar-refractivity contribution in [1.82, 2.24) is 5.32 Å². The number of benzene rings is 1. The van der Waals surface area contributed by atoms with Crippen LogP contribution >= 0.6 is 11.3 Å². The van der Waals surface area contributed by atoms with Crippen LogP contribution in [-0.4, -0.2) is 38.8 Å². The smallest absolute Gasteiger partial charge is 0.275 e. The zero-order valence-electron chi connectivity index (χ0n) is 12.5. The number of carbonyl (C=O) groups is 1. The Morgan fingerprint density at radius 2 is 1.95 bits per heavy atom. The summed E-state index contributed by atoms with van der Waals surface area (Å²) in [6.07, 6.45) is 0. The normalized spacial score (nSPS) is 17.1. The Kier molecular flexibility index (Phi) is 5.21. The Balaban J connectivity index is 1.69. The van der Waals surface area contributed by atoms with Gasteiger partial charge in [0.15, 0.2) is 6.54 Å². The predicted molar refractivity (Wildman–Crippen MR) is 87.1 cm³/mol. The largest absolute Gasteiger partial charge is 0.370 e. The highest BCUT2D eigenvalue weighted by molar-refractivity contribution is 7.10. The zero-order valence-corrected chi connectivity index (χ0v) is 13.3. The second-order valence-electron chi connectivity index (χ2n) is 5.47. The molecule has 1 fully saturated rings. The summed E-state index contributed by atoms with van der Waals surface area (Å²) < 4.78 is 5.34. The molecule has 116 valence electrons. The number of quaternary nitrogens is 1. The summed E-state index contributed by atoms with van der Waals surface area (Å²) in [6, 6.07) is 14.2. The molecule has 5 heteroatoms. The van der Waals surface area contributed by atoms with Gasteiger partial charge in [-0.2, -0.15) is 0 Å². The van der Waals surface area contributed by atoms with Crippen LogP contribution in [0.15, 0.2) is 47.8 Å². The van der Waals surface area contributed by atoms with E-state index in [0.717, 1.165) is 36.7 Å². The van der Waals surface area contributed by atoms with E-state index in [1.165, 1.54) is 4.90 Å². The number of hydrogen-bond donors (Lipinski definition) is 2. The molecule has 1 saturated heterocycles. The Bertz CT molecular complexity index is 580. The molecule has 1 aromatic heterocycles. The van der Waals surface area contributed by atoms with Crippen LogP contribution in [0.25, 0.3) is 0 Å². The van der Waals surface area contributed by atoms with E-state index in [-0.39, 0.29) is 11.9 Å². The molecule has 2 aromatic rings. The maximum atomic E-state index is 12.4. The Morgan fingerprint density at radius 1 is 1.18 bits per heavy atom. The summed E-state index contributed by atoms with van der Waals surface area (Å²) in [6.45, 7) is 3.81. The van der Waals surface area contributed by atoms with Crippen molar-refractivity contribution in [3.05, 3.63) is 58.3 Å². The first-order valence-electron chi connectivity index (χ1n) is 7.62. The molecule has 2 N–H and O–H groups in total. The van der Waals surface area contributed by atoms with Gasteiger partial charge in [0.1, 0.15) is 13.1 Å². The highest BCUT2D eigenvalue weighted by atomic mass is 32.1. The summed E-state index contributed by atoms with van der Waals surface area (Å²) in [5.41, 5.74) is 1.12. The molecule has 4 nitrogen and oxygen atoms in total. The number of carbonyl (C=O) groups excluding carboxylic acids is 1. The van der Waals surface area contributed by atoms with Gasteiger partial charge >= 0.3 is 0 Å². The van der Waals surface area contributed by atoms with E-state index in [0.29, 0.717) is 6.54 Å². The Labute approximate surface area is 134 Å². The summed E-state index contributed by atoms with van der Waals surface area (Å²) >= 11 is 1.67. The van der Waals surface area contributed by atoms with Crippen LogP contribution in [0, 0.1) is 0 Å². The quantitative estimate of drug-likeness (QED) is 0.859. The van der Waals surface area contributed by atoms with E-state index in [1.807, 2.05) is 29.6 Å². The van der Waals surface area contributed by atoms with E-state index in [9.17, 15) is 4.79 Å². The number of ether oxygens (including phenoxy) is 1. The SMILES string of the molecule is O=C(C[NH+]1CCOCC1)N[C@@H](c1ccccc1)c1cccs1. The summed E-state index contributed by atoms with van der Waals surface area (Å²) in [7, 11) is 0. The second-order valence-corrected chi connectivity index (χ2v) is 6.45. The van der Waals surface area contributed by atoms with E-state index in [2.05, 4.69) is 23.5 Å². The number of rotatable bonds is 5. The molecule has 1 aliphatic heterocycles. The van der Waals surface area contributed by atoms with Gasteiger partial charge in [-0.1, -0.05) is 36.4 Å². The molecule has 22 heavy (non-hydrogen) atoms. The minimum Gasteiger partial charge on any atom is -0.370 e. The molecule has 0 aliphatic carbocycles. The lowest BCUT2D eigenvalue weighted by Crippen LogP contribution is -3.15. The highest BCUT2D eigenvalue weighted by Crippen LogP contribution is 2.25. The van der Waals surface area contributed by atoms with Crippen LogP contribution in [0.2, 0.25) is 0 Å². The summed E-state index contributed by atoms with van der Waals surface area (Å²) in [4.78, 5) is 14.9. The van der Waals surface area contributed by atoms with Crippen molar-refractivity contribution in [3.63, 3.8) is 0 Å². The van der Waals surface area contributed by atoms with Gasteiger partial charge in [-0.15, -0.1) is 11.3 Å². The average molecular weight is 317 g/mol. The second kappa shape index (κ2) is 7.54. The van der Waals surface area contributed by atoms with E-state index in [1.54, 1.807) is 11.3 Å². The van der Waals surface area contributed by atoms with Gasteiger partial charge in [0.2, 0.25) is 0 Å². The topological polar surface area (TPSA) is 42.8 Å². The van der Waals surface area contributed by atoms with Gasteiger partial charge in [-0.25, -0.2) is 0 Å². The van der Waals surface area contributed by atoms with Crippen LogP contribution < -0.4 is 10.2 Å². The fourth-order valence-electron chi connectivity index (χ4n) is 2.70. The van der Waals surface area contributed by atoms with Crippen molar-refractivity contribution in [2.45, 2.75) is 6.04 Å². The molecule has 1 aliphatic rings. The van der Waals surface area contributed by atoms with Gasteiger partial charge in [0, 0.05) is 4.88 Å². The van der Waals surface area contributed by atoms with Crippen molar-refractivity contribution < 1.29 is 14.4 Å². The third-order valence-corrected chi connectivity index (χ3v) is 4.81. The van der Waals surface area contributed by atoms with Crippen LogP contribution in [0.3, 0.4) is 0 Å². The molecule has 0 bridgehead atoms. The van der Waals surface area contributed by atoms with Crippen molar-refractivity contribution in [2.75, 3.05) is 32.8 Å².